The number of fused-ring (bicyclic) bond motifs is 1. The average molecular weight is 220 g/mol. The maximum Gasteiger partial charge on any atom is 0.170 e. The van der Waals surface area contributed by atoms with Gasteiger partial charge in [-0.25, -0.2) is 0 Å². The summed E-state index contributed by atoms with van der Waals surface area (Å²) in [5.74, 6) is 1.33. The van der Waals surface area contributed by atoms with Gasteiger partial charge in [-0.2, -0.15) is 0 Å². The second-order valence-corrected chi connectivity index (χ2v) is 4.35. The molecule has 0 aromatic heterocycles. The highest BCUT2D eigenvalue weighted by Gasteiger charge is 2.37. The molecule has 86 valence electrons. The van der Waals surface area contributed by atoms with E-state index in [0.29, 0.717) is 23.5 Å². The molecule has 0 radical (unpaired) electrons. The fourth-order valence-electron chi connectivity index (χ4n) is 2.19. The summed E-state index contributed by atoms with van der Waals surface area (Å²) >= 11 is 0. The number of aliphatic hydroxyl groups excluding tert-OH is 1. The minimum absolute atomic E-state index is 0.0131. The topological polar surface area (TPSA) is 46.5 Å². The SMILES string of the molecule is CCC1=CC(=O)[C@@H]2C(=C(C)C(O)=CC2C)O1. The maximum absolute atomic E-state index is 12.0. The van der Waals surface area contributed by atoms with Crippen LogP contribution in [0.2, 0.25) is 0 Å². The molecule has 0 amide bonds. The Hall–Kier alpha value is -1.51. The molecule has 0 bridgehead atoms. The standard InChI is InChI=1S/C13H16O3/c1-4-9-6-11(15)12-7(2)5-10(14)8(3)13(12)16-9/h5-7,12,14H,4H2,1-3H3/t7?,12-/m1/s1. The van der Waals surface area contributed by atoms with E-state index in [-0.39, 0.29) is 23.4 Å². The summed E-state index contributed by atoms with van der Waals surface area (Å²) in [6.07, 6.45) is 3.98. The molecule has 1 N–H and O–H groups in total. The first-order valence-electron chi connectivity index (χ1n) is 5.58. The molecule has 2 atom stereocenters. The van der Waals surface area contributed by atoms with Crippen molar-refractivity contribution in [2.24, 2.45) is 11.8 Å². The van der Waals surface area contributed by atoms with Crippen molar-refractivity contribution < 1.29 is 14.6 Å². The molecule has 2 aliphatic rings. The molecule has 3 heteroatoms. The average Bonchev–Trinajstić information content (AvgIpc) is 2.24. The van der Waals surface area contributed by atoms with E-state index in [1.165, 1.54) is 0 Å². The van der Waals surface area contributed by atoms with E-state index in [1.807, 2.05) is 13.8 Å². The number of ketones is 1. The highest BCUT2D eigenvalue weighted by Crippen LogP contribution is 2.38. The minimum atomic E-state index is -0.258. The van der Waals surface area contributed by atoms with E-state index >= 15 is 0 Å². The van der Waals surface area contributed by atoms with Crippen LogP contribution in [0.1, 0.15) is 27.2 Å². The lowest BCUT2D eigenvalue weighted by atomic mass is 9.80. The van der Waals surface area contributed by atoms with Crippen LogP contribution >= 0.6 is 0 Å². The van der Waals surface area contributed by atoms with Crippen molar-refractivity contribution in [1.82, 2.24) is 0 Å². The minimum Gasteiger partial charge on any atom is -0.508 e. The van der Waals surface area contributed by atoms with Gasteiger partial charge in [0, 0.05) is 18.1 Å². The van der Waals surface area contributed by atoms with Gasteiger partial charge in [-0.15, -0.1) is 0 Å². The summed E-state index contributed by atoms with van der Waals surface area (Å²) in [5, 5.41) is 9.72. The monoisotopic (exact) mass is 220 g/mol. The molecule has 1 heterocycles. The largest absolute Gasteiger partial charge is 0.508 e. The Morgan fingerprint density at radius 3 is 2.81 bits per heavy atom. The molecule has 3 nitrogen and oxygen atoms in total. The first-order valence-corrected chi connectivity index (χ1v) is 5.58. The van der Waals surface area contributed by atoms with Gasteiger partial charge in [0.15, 0.2) is 5.78 Å². The van der Waals surface area contributed by atoms with Gasteiger partial charge in [-0.05, 0) is 18.9 Å². The number of hydrogen-bond donors (Lipinski definition) is 1. The lowest BCUT2D eigenvalue weighted by molar-refractivity contribution is -0.120. The number of hydrogen-bond acceptors (Lipinski definition) is 3. The van der Waals surface area contributed by atoms with E-state index in [2.05, 4.69) is 0 Å². The molecule has 0 saturated carbocycles. The fourth-order valence-corrected chi connectivity index (χ4v) is 2.19. The van der Waals surface area contributed by atoms with E-state index < -0.39 is 0 Å². The van der Waals surface area contributed by atoms with Crippen molar-refractivity contribution in [1.29, 1.82) is 0 Å². The van der Waals surface area contributed by atoms with Crippen LogP contribution < -0.4 is 0 Å². The Morgan fingerprint density at radius 2 is 2.19 bits per heavy atom. The van der Waals surface area contributed by atoms with Gasteiger partial charge in [-0.1, -0.05) is 13.8 Å². The summed E-state index contributed by atoms with van der Waals surface area (Å²) in [4.78, 5) is 12.0. The highest BCUT2D eigenvalue weighted by molar-refractivity contribution is 5.95. The summed E-state index contributed by atoms with van der Waals surface area (Å²) in [7, 11) is 0. The predicted octanol–water partition coefficient (Wildman–Crippen LogP) is 2.86. The molecule has 1 aliphatic carbocycles. The Morgan fingerprint density at radius 1 is 1.50 bits per heavy atom. The number of rotatable bonds is 1. The number of carbonyl (C=O) groups is 1. The molecule has 1 unspecified atom stereocenters. The zero-order valence-corrected chi connectivity index (χ0v) is 9.78. The quantitative estimate of drug-likeness (QED) is 0.739. The van der Waals surface area contributed by atoms with Crippen LogP contribution in [0, 0.1) is 11.8 Å². The summed E-state index contributed by atoms with van der Waals surface area (Å²) in [6, 6.07) is 0. The lowest BCUT2D eigenvalue weighted by Gasteiger charge is -2.32. The van der Waals surface area contributed by atoms with Crippen molar-refractivity contribution in [3.8, 4) is 0 Å². The molecule has 0 aromatic carbocycles. The lowest BCUT2D eigenvalue weighted by Crippen LogP contribution is -2.30. The molecule has 2 rings (SSSR count). The third kappa shape index (κ3) is 1.56. The first kappa shape index (κ1) is 11.0. The van der Waals surface area contributed by atoms with Crippen molar-refractivity contribution in [3.05, 3.63) is 35.0 Å². The number of allylic oxidation sites excluding steroid dienone is 5. The zero-order valence-electron chi connectivity index (χ0n) is 9.78. The van der Waals surface area contributed by atoms with Crippen LogP contribution in [0.25, 0.3) is 0 Å². The summed E-state index contributed by atoms with van der Waals surface area (Å²) in [6.45, 7) is 5.64. The van der Waals surface area contributed by atoms with Crippen LogP contribution in [-0.2, 0) is 9.53 Å². The van der Waals surface area contributed by atoms with Crippen molar-refractivity contribution >= 4 is 5.78 Å². The molecule has 16 heavy (non-hydrogen) atoms. The van der Waals surface area contributed by atoms with E-state index in [0.717, 1.165) is 0 Å². The van der Waals surface area contributed by atoms with E-state index in [9.17, 15) is 9.90 Å². The maximum atomic E-state index is 12.0. The van der Waals surface area contributed by atoms with Crippen molar-refractivity contribution in [3.63, 3.8) is 0 Å². The molecular weight excluding hydrogens is 204 g/mol. The first-order chi connectivity index (χ1) is 7.54. The third-order valence-corrected chi connectivity index (χ3v) is 3.18. The summed E-state index contributed by atoms with van der Waals surface area (Å²) < 4.78 is 5.68. The van der Waals surface area contributed by atoms with E-state index in [4.69, 9.17) is 4.74 Å². The van der Waals surface area contributed by atoms with Crippen LogP contribution in [0.3, 0.4) is 0 Å². The zero-order chi connectivity index (χ0) is 11.9. The molecule has 0 aromatic rings. The van der Waals surface area contributed by atoms with Gasteiger partial charge < -0.3 is 9.84 Å². The van der Waals surface area contributed by atoms with Crippen LogP contribution in [0.15, 0.2) is 35.0 Å². The summed E-state index contributed by atoms with van der Waals surface area (Å²) in [5.41, 5.74) is 0.676. The van der Waals surface area contributed by atoms with Gasteiger partial charge in [0.1, 0.15) is 17.3 Å². The normalized spacial score (nSPS) is 29.3. The van der Waals surface area contributed by atoms with Crippen LogP contribution in [-0.4, -0.2) is 10.9 Å². The molecular formula is C13H16O3. The van der Waals surface area contributed by atoms with Gasteiger partial charge >= 0.3 is 0 Å². The smallest absolute Gasteiger partial charge is 0.170 e. The number of carbonyl (C=O) groups excluding carboxylic acids is 1. The number of aliphatic hydroxyl groups is 1. The fraction of sp³-hybridized carbons (Fsp3) is 0.462. The number of ether oxygens (including phenoxy) is 1. The molecule has 0 saturated heterocycles. The molecule has 0 spiro atoms. The molecule has 1 aliphatic heterocycles. The third-order valence-electron chi connectivity index (χ3n) is 3.18. The Bertz CT molecular complexity index is 426. The Kier molecular flexibility index (Phi) is 2.62. The second-order valence-electron chi connectivity index (χ2n) is 4.35. The van der Waals surface area contributed by atoms with Crippen molar-refractivity contribution in [2.75, 3.05) is 0 Å². The second kappa shape index (κ2) is 3.81. The van der Waals surface area contributed by atoms with Gasteiger partial charge in [-0.3, -0.25) is 4.79 Å². The highest BCUT2D eigenvalue weighted by atomic mass is 16.5. The van der Waals surface area contributed by atoms with Crippen molar-refractivity contribution in [2.45, 2.75) is 27.2 Å². The van der Waals surface area contributed by atoms with Crippen LogP contribution in [0.5, 0.6) is 0 Å². The Balaban J connectivity index is 2.48. The molecule has 0 fully saturated rings. The van der Waals surface area contributed by atoms with E-state index in [1.54, 1.807) is 19.1 Å². The van der Waals surface area contributed by atoms with Gasteiger partial charge in [0.25, 0.3) is 0 Å². The van der Waals surface area contributed by atoms with Gasteiger partial charge in [0.2, 0.25) is 0 Å². The van der Waals surface area contributed by atoms with Gasteiger partial charge in [0.05, 0.1) is 5.92 Å². The predicted molar refractivity (Wildman–Crippen MR) is 60.5 cm³/mol. The Labute approximate surface area is 95.1 Å². The van der Waals surface area contributed by atoms with Crippen LogP contribution in [0.4, 0.5) is 0 Å².